The molecule has 0 radical (unpaired) electrons. The van der Waals surface area contributed by atoms with E-state index in [1.807, 2.05) is 23.1 Å². The van der Waals surface area contributed by atoms with Crippen molar-refractivity contribution >= 4 is 6.03 Å². The van der Waals surface area contributed by atoms with Crippen LogP contribution < -0.4 is 14.8 Å². The van der Waals surface area contributed by atoms with E-state index in [9.17, 15) is 4.79 Å². The monoisotopic (exact) mass is 292 g/mol. The van der Waals surface area contributed by atoms with Gasteiger partial charge < -0.3 is 19.7 Å². The highest BCUT2D eigenvalue weighted by Crippen LogP contribution is 2.30. The zero-order chi connectivity index (χ0) is 15.2. The van der Waals surface area contributed by atoms with Crippen LogP contribution in [0.25, 0.3) is 0 Å². The minimum absolute atomic E-state index is 0.00794. The molecule has 0 aromatic heterocycles. The summed E-state index contributed by atoms with van der Waals surface area (Å²) in [7, 11) is 3.21. The van der Waals surface area contributed by atoms with Gasteiger partial charge in [-0.15, -0.1) is 0 Å². The van der Waals surface area contributed by atoms with Crippen LogP contribution >= 0.6 is 0 Å². The average molecular weight is 292 g/mol. The number of nitrogens with one attached hydrogen (secondary N) is 1. The Morgan fingerprint density at radius 3 is 2.86 bits per heavy atom. The SMILES string of the molecule is COc1cccc(CNC(=O)N2CCC[C@@H](C)C2)c1OC. The number of ether oxygens (including phenoxy) is 2. The zero-order valence-electron chi connectivity index (χ0n) is 13.0. The van der Waals surface area contributed by atoms with Crippen LogP contribution in [0.5, 0.6) is 11.5 Å². The fourth-order valence-corrected chi connectivity index (χ4v) is 2.75. The average Bonchev–Trinajstić information content (AvgIpc) is 2.51. The first-order valence-electron chi connectivity index (χ1n) is 7.38. The van der Waals surface area contributed by atoms with Gasteiger partial charge in [0.05, 0.1) is 14.2 Å². The standard InChI is InChI=1S/C16H24N2O3/c1-12-6-5-9-18(11-12)16(19)17-10-13-7-4-8-14(20-2)15(13)21-3/h4,7-8,12H,5-6,9-11H2,1-3H3,(H,17,19)/t12-/m1/s1. The fraction of sp³-hybridized carbons (Fsp3) is 0.562. The molecule has 0 saturated carbocycles. The summed E-state index contributed by atoms with van der Waals surface area (Å²) < 4.78 is 10.6. The Balaban J connectivity index is 1.98. The summed E-state index contributed by atoms with van der Waals surface area (Å²) >= 11 is 0. The van der Waals surface area contributed by atoms with Crippen molar-refractivity contribution in [3.63, 3.8) is 0 Å². The molecule has 0 aliphatic carbocycles. The smallest absolute Gasteiger partial charge is 0.317 e. The lowest BCUT2D eigenvalue weighted by molar-refractivity contribution is 0.169. The molecule has 1 atom stereocenters. The van der Waals surface area contributed by atoms with Crippen molar-refractivity contribution in [3.05, 3.63) is 23.8 Å². The zero-order valence-corrected chi connectivity index (χ0v) is 13.0. The second kappa shape index (κ2) is 7.20. The predicted molar refractivity (Wildman–Crippen MR) is 81.8 cm³/mol. The van der Waals surface area contributed by atoms with Gasteiger partial charge in [-0.1, -0.05) is 19.1 Å². The van der Waals surface area contributed by atoms with E-state index in [1.54, 1.807) is 14.2 Å². The molecule has 2 amide bonds. The van der Waals surface area contributed by atoms with Gasteiger partial charge in [-0.25, -0.2) is 4.79 Å². The van der Waals surface area contributed by atoms with E-state index >= 15 is 0 Å². The van der Waals surface area contributed by atoms with Gasteiger partial charge in [0.15, 0.2) is 11.5 Å². The number of likely N-dealkylation sites (tertiary alicyclic amines) is 1. The van der Waals surface area contributed by atoms with Gasteiger partial charge in [-0.05, 0) is 24.8 Å². The summed E-state index contributed by atoms with van der Waals surface area (Å²) in [5.74, 6) is 1.93. The minimum atomic E-state index is -0.00794. The molecule has 1 aromatic carbocycles. The molecule has 21 heavy (non-hydrogen) atoms. The molecule has 116 valence electrons. The maximum Gasteiger partial charge on any atom is 0.317 e. The lowest BCUT2D eigenvalue weighted by atomic mass is 10.0. The summed E-state index contributed by atoms with van der Waals surface area (Å²) in [4.78, 5) is 14.1. The number of rotatable bonds is 4. The molecule has 0 unspecified atom stereocenters. The third-order valence-electron chi connectivity index (χ3n) is 3.86. The number of nitrogens with zero attached hydrogens (tertiary/aromatic N) is 1. The summed E-state index contributed by atoms with van der Waals surface area (Å²) in [6, 6.07) is 5.66. The van der Waals surface area contributed by atoms with Crippen LogP contribution in [0.15, 0.2) is 18.2 Å². The fourth-order valence-electron chi connectivity index (χ4n) is 2.75. The van der Waals surface area contributed by atoms with E-state index < -0.39 is 0 Å². The largest absolute Gasteiger partial charge is 0.493 e. The van der Waals surface area contributed by atoms with Crippen molar-refractivity contribution in [1.82, 2.24) is 10.2 Å². The molecule has 1 fully saturated rings. The number of para-hydroxylation sites is 1. The van der Waals surface area contributed by atoms with E-state index in [-0.39, 0.29) is 6.03 Å². The van der Waals surface area contributed by atoms with Crippen LogP contribution in [0.1, 0.15) is 25.3 Å². The van der Waals surface area contributed by atoms with Crippen LogP contribution in [0.2, 0.25) is 0 Å². The van der Waals surface area contributed by atoms with Crippen LogP contribution in [0, 0.1) is 5.92 Å². The third-order valence-corrected chi connectivity index (χ3v) is 3.86. The van der Waals surface area contributed by atoms with Crippen LogP contribution in [0.4, 0.5) is 4.79 Å². The highest BCUT2D eigenvalue weighted by molar-refractivity contribution is 5.74. The second-order valence-corrected chi connectivity index (χ2v) is 5.50. The molecule has 5 heteroatoms. The molecule has 0 bridgehead atoms. The number of hydrogen-bond donors (Lipinski definition) is 1. The van der Waals surface area contributed by atoms with Gasteiger partial charge in [0, 0.05) is 25.2 Å². The van der Waals surface area contributed by atoms with Gasteiger partial charge in [-0.2, -0.15) is 0 Å². The van der Waals surface area contributed by atoms with Crippen LogP contribution in [-0.4, -0.2) is 38.2 Å². The Morgan fingerprint density at radius 1 is 1.38 bits per heavy atom. The van der Waals surface area contributed by atoms with Crippen molar-refractivity contribution in [3.8, 4) is 11.5 Å². The first-order valence-corrected chi connectivity index (χ1v) is 7.38. The van der Waals surface area contributed by atoms with Gasteiger partial charge in [0.2, 0.25) is 0 Å². The number of hydrogen-bond acceptors (Lipinski definition) is 3. The number of methoxy groups -OCH3 is 2. The first kappa shape index (κ1) is 15.5. The van der Waals surface area contributed by atoms with Crippen molar-refractivity contribution in [1.29, 1.82) is 0 Å². The van der Waals surface area contributed by atoms with E-state index in [4.69, 9.17) is 9.47 Å². The lowest BCUT2D eigenvalue weighted by Gasteiger charge is -2.31. The van der Waals surface area contributed by atoms with Crippen molar-refractivity contribution in [2.45, 2.75) is 26.3 Å². The molecular weight excluding hydrogens is 268 g/mol. The Labute approximate surface area is 126 Å². The number of benzene rings is 1. The number of carbonyl (C=O) groups is 1. The number of urea groups is 1. The summed E-state index contributed by atoms with van der Waals surface area (Å²) in [6.45, 7) is 4.29. The van der Waals surface area contributed by atoms with E-state index in [0.29, 0.717) is 24.0 Å². The van der Waals surface area contributed by atoms with Gasteiger partial charge in [0.25, 0.3) is 0 Å². The molecule has 1 N–H and O–H groups in total. The molecule has 2 rings (SSSR count). The molecule has 0 spiro atoms. The van der Waals surface area contributed by atoms with Crippen LogP contribution in [0.3, 0.4) is 0 Å². The third kappa shape index (κ3) is 3.80. The first-order chi connectivity index (χ1) is 10.2. The molecule has 1 saturated heterocycles. The lowest BCUT2D eigenvalue weighted by Crippen LogP contribution is -2.44. The van der Waals surface area contributed by atoms with Gasteiger partial charge in [-0.3, -0.25) is 0 Å². The van der Waals surface area contributed by atoms with E-state index in [1.165, 1.54) is 6.42 Å². The van der Waals surface area contributed by atoms with Gasteiger partial charge >= 0.3 is 6.03 Å². The molecular formula is C16H24N2O3. The number of piperidine rings is 1. The highest BCUT2D eigenvalue weighted by atomic mass is 16.5. The minimum Gasteiger partial charge on any atom is -0.493 e. The van der Waals surface area contributed by atoms with Crippen molar-refractivity contribution in [2.24, 2.45) is 5.92 Å². The maximum atomic E-state index is 12.2. The van der Waals surface area contributed by atoms with Gasteiger partial charge in [0.1, 0.15) is 0 Å². The van der Waals surface area contributed by atoms with Crippen molar-refractivity contribution < 1.29 is 14.3 Å². The quantitative estimate of drug-likeness (QED) is 0.928. The highest BCUT2D eigenvalue weighted by Gasteiger charge is 2.21. The Bertz CT molecular complexity index is 490. The van der Waals surface area contributed by atoms with E-state index in [2.05, 4.69) is 12.2 Å². The molecule has 1 aliphatic heterocycles. The predicted octanol–water partition coefficient (Wildman–Crippen LogP) is 2.65. The Kier molecular flexibility index (Phi) is 5.31. The summed E-state index contributed by atoms with van der Waals surface area (Å²) in [5.41, 5.74) is 0.912. The second-order valence-electron chi connectivity index (χ2n) is 5.50. The molecule has 1 aromatic rings. The molecule has 1 heterocycles. The molecule has 5 nitrogen and oxygen atoms in total. The normalized spacial score (nSPS) is 18.2. The Hall–Kier alpha value is -1.91. The summed E-state index contributed by atoms with van der Waals surface area (Å²) in [6.07, 6.45) is 2.28. The molecule has 1 aliphatic rings. The van der Waals surface area contributed by atoms with Crippen LogP contribution in [-0.2, 0) is 6.54 Å². The number of amides is 2. The number of carbonyl (C=O) groups excluding carboxylic acids is 1. The van der Waals surface area contributed by atoms with E-state index in [0.717, 1.165) is 25.1 Å². The maximum absolute atomic E-state index is 12.2. The summed E-state index contributed by atoms with van der Waals surface area (Å²) in [5, 5.41) is 2.97. The van der Waals surface area contributed by atoms with Crippen molar-refractivity contribution in [2.75, 3.05) is 27.3 Å². The topological polar surface area (TPSA) is 50.8 Å². The Morgan fingerprint density at radius 2 is 2.19 bits per heavy atom.